The van der Waals surface area contributed by atoms with Gasteiger partial charge in [-0.3, -0.25) is 0 Å². The lowest BCUT2D eigenvalue weighted by atomic mass is 10.1. The van der Waals surface area contributed by atoms with Crippen LogP contribution in [0, 0.1) is 0 Å². The summed E-state index contributed by atoms with van der Waals surface area (Å²) in [5, 5.41) is 0. The van der Waals surface area contributed by atoms with Crippen LogP contribution in [-0.4, -0.2) is 13.1 Å². The number of esters is 1. The average molecular weight is 287 g/mol. The van der Waals surface area contributed by atoms with Gasteiger partial charge in [0.15, 0.2) is 0 Å². The highest BCUT2D eigenvalue weighted by molar-refractivity contribution is 7.20. The molecule has 0 aliphatic carbocycles. The maximum absolute atomic E-state index is 11.4. The number of halogens is 2. The van der Waals surface area contributed by atoms with Crippen molar-refractivity contribution in [3.8, 4) is 11.1 Å². The summed E-state index contributed by atoms with van der Waals surface area (Å²) in [5.74, 6) is -0.371. The second kappa shape index (κ2) is 5.08. The van der Waals surface area contributed by atoms with Gasteiger partial charge < -0.3 is 4.74 Å². The van der Waals surface area contributed by atoms with Crippen LogP contribution in [0.2, 0.25) is 8.67 Å². The minimum Gasteiger partial charge on any atom is -0.465 e. The first kappa shape index (κ1) is 12.4. The molecule has 0 atom stereocenters. The summed E-state index contributed by atoms with van der Waals surface area (Å²) in [7, 11) is 1.35. The SMILES string of the molecule is COC(=O)c1cccc(-c2cc(Cl)sc2Cl)c1. The zero-order chi connectivity index (χ0) is 12.4. The molecule has 0 fully saturated rings. The molecule has 0 spiro atoms. The molecule has 2 aromatic rings. The van der Waals surface area contributed by atoms with E-state index in [9.17, 15) is 4.79 Å². The molecule has 0 bridgehead atoms. The molecule has 0 amide bonds. The Bertz CT molecular complexity index is 563. The third kappa shape index (κ3) is 2.63. The van der Waals surface area contributed by atoms with Crippen molar-refractivity contribution < 1.29 is 9.53 Å². The summed E-state index contributed by atoms with van der Waals surface area (Å²) in [6.45, 7) is 0. The van der Waals surface area contributed by atoms with Crippen LogP contribution in [0.15, 0.2) is 30.3 Å². The van der Waals surface area contributed by atoms with E-state index in [4.69, 9.17) is 23.2 Å². The minimum atomic E-state index is -0.371. The predicted molar refractivity (Wildman–Crippen MR) is 71.1 cm³/mol. The number of thiophene rings is 1. The lowest BCUT2D eigenvalue weighted by Crippen LogP contribution is -2.00. The fourth-order valence-corrected chi connectivity index (χ4v) is 2.98. The first-order valence-corrected chi connectivity index (χ1v) is 6.32. The highest BCUT2D eigenvalue weighted by Gasteiger charge is 2.11. The van der Waals surface area contributed by atoms with Gasteiger partial charge in [0.25, 0.3) is 0 Å². The van der Waals surface area contributed by atoms with E-state index in [0.29, 0.717) is 14.2 Å². The van der Waals surface area contributed by atoms with Gasteiger partial charge in [-0.1, -0.05) is 35.3 Å². The quantitative estimate of drug-likeness (QED) is 0.760. The lowest BCUT2D eigenvalue weighted by Gasteiger charge is -2.02. The zero-order valence-electron chi connectivity index (χ0n) is 8.87. The van der Waals surface area contributed by atoms with E-state index >= 15 is 0 Å². The van der Waals surface area contributed by atoms with Gasteiger partial charge in [0.05, 0.1) is 17.0 Å². The van der Waals surface area contributed by atoms with E-state index in [1.807, 2.05) is 6.07 Å². The van der Waals surface area contributed by atoms with Crippen LogP contribution < -0.4 is 0 Å². The third-order valence-electron chi connectivity index (χ3n) is 2.25. The van der Waals surface area contributed by atoms with Crippen molar-refractivity contribution in [3.05, 3.63) is 44.6 Å². The number of carbonyl (C=O) groups excluding carboxylic acids is 1. The van der Waals surface area contributed by atoms with E-state index in [1.54, 1.807) is 24.3 Å². The second-order valence-electron chi connectivity index (χ2n) is 3.31. The highest BCUT2D eigenvalue weighted by Crippen LogP contribution is 2.38. The lowest BCUT2D eigenvalue weighted by molar-refractivity contribution is 0.0601. The largest absolute Gasteiger partial charge is 0.465 e. The van der Waals surface area contributed by atoms with Crippen molar-refractivity contribution in [3.63, 3.8) is 0 Å². The fourth-order valence-electron chi connectivity index (χ4n) is 1.47. The van der Waals surface area contributed by atoms with Gasteiger partial charge in [-0.25, -0.2) is 4.79 Å². The minimum absolute atomic E-state index is 0.371. The summed E-state index contributed by atoms with van der Waals surface area (Å²) in [4.78, 5) is 11.4. The Labute approximate surface area is 113 Å². The first-order valence-electron chi connectivity index (χ1n) is 4.75. The maximum atomic E-state index is 11.4. The summed E-state index contributed by atoms with van der Waals surface area (Å²) in [6, 6.07) is 8.86. The van der Waals surface area contributed by atoms with Crippen LogP contribution in [0.3, 0.4) is 0 Å². The van der Waals surface area contributed by atoms with Crippen molar-refractivity contribution >= 4 is 40.5 Å². The van der Waals surface area contributed by atoms with Crippen LogP contribution in [0.5, 0.6) is 0 Å². The van der Waals surface area contributed by atoms with E-state index < -0.39 is 0 Å². The Hall–Kier alpha value is -1.03. The Morgan fingerprint density at radius 2 is 2.06 bits per heavy atom. The number of ether oxygens (including phenoxy) is 1. The molecular formula is C12H8Cl2O2S. The number of hydrogen-bond donors (Lipinski definition) is 0. The monoisotopic (exact) mass is 286 g/mol. The topological polar surface area (TPSA) is 26.3 Å². The second-order valence-corrected chi connectivity index (χ2v) is 5.60. The summed E-state index contributed by atoms with van der Waals surface area (Å²) in [6.07, 6.45) is 0. The molecule has 0 N–H and O–H groups in total. The molecule has 0 aliphatic heterocycles. The summed E-state index contributed by atoms with van der Waals surface area (Å²) >= 11 is 13.2. The molecule has 88 valence electrons. The van der Waals surface area contributed by atoms with Gasteiger partial charge in [0.1, 0.15) is 4.34 Å². The molecule has 17 heavy (non-hydrogen) atoms. The van der Waals surface area contributed by atoms with Gasteiger partial charge in [-0.15, -0.1) is 11.3 Å². The number of carbonyl (C=O) groups is 1. The van der Waals surface area contributed by atoms with Gasteiger partial charge in [0, 0.05) is 5.56 Å². The molecule has 1 heterocycles. The van der Waals surface area contributed by atoms with Crippen molar-refractivity contribution in [1.29, 1.82) is 0 Å². The Morgan fingerprint density at radius 1 is 1.29 bits per heavy atom. The molecule has 1 aromatic heterocycles. The van der Waals surface area contributed by atoms with Crippen molar-refractivity contribution in [2.24, 2.45) is 0 Å². The summed E-state index contributed by atoms with van der Waals surface area (Å²) < 4.78 is 5.89. The molecular weight excluding hydrogens is 279 g/mol. The smallest absolute Gasteiger partial charge is 0.337 e. The third-order valence-corrected chi connectivity index (χ3v) is 3.74. The number of hydrogen-bond acceptors (Lipinski definition) is 3. The normalized spacial score (nSPS) is 10.3. The van der Waals surface area contributed by atoms with E-state index in [1.165, 1.54) is 18.4 Å². The molecule has 0 saturated heterocycles. The zero-order valence-corrected chi connectivity index (χ0v) is 11.2. The van der Waals surface area contributed by atoms with Crippen LogP contribution in [-0.2, 0) is 4.74 Å². The van der Waals surface area contributed by atoms with Crippen LogP contribution in [0.4, 0.5) is 0 Å². The van der Waals surface area contributed by atoms with Crippen LogP contribution in [0.25, 0.3) is 11.1 Å². The number of rotatable bonds is 2. The van der Waals surface area contributed by atoms with Crippen molar-refractivity contribution in [2.75, 3.05) is 7.11 Å². The van der Waals surface area contributed by atoms with Gasteiger partial charge >= 0.3 is 5.97 Å². The molecule has 2 rings (SSSR count). The molecule has 2 nitrogen and oxygen atoms in total. The van der Waals surface area contributed by atoms with Crippen LogP contribution >= 0.6 is 34.5 Å². The fraction of sp³-hybridized carbons (Fsp3) is 0.0833. The molecule has 0 radical (unpaired) electrons. The van der Waals surface area contributed by atoms with Gasteiger partial charge in [0.2, 0.25) is 0 Å². The molecule has 1 aromatic carbocycles. The first-order chi connectivity index (χ1) is 8.11. The average Bonchev–Trinajstić information content (AvgIpc) is 2.67. The predicted octanol–water partition coefficient (Wildman–Crippen LogP) is 4.51. The van der Waals surface area contributed by atoms with E-state index in [2.05, 4.69) is 4.74 Å². The van der Waals surface area contributed by atoms with Crippen molar-refractivity contribution in [2.45, 2.75) is 0 Å². The summed E-state index contributed by atoms with van der Waals surface area (Å²) in [5.41, 5.74) is 2.16. The number of benzene rings is 1. The Morgan fingerprint density at radius 3 is 2.65 bits per heavy atom. The highest BCUT2D eigenvalue weighted by atomic mass is 35.5. The van der Waals surface area contributed by atoms with Gasteiger partial charge in [-0.05, 0) is 23.8 Å². The van der Waals surface area contributed by atoms with Crippen molar-refractivity contribution in [1.82, 2.24) is 0 Å². The molecule has 0 saturated carbocycles. The maximum Gasteiger partial charge on any atom is 0.337 e. The Kier molecular flexibility index (Phi) is 3.72. The molecule has 0 unspecified atom stereocenters. The van der Waals surface area contributed by atoms with E-state index in [-0.39, 0.29) is 5.97 Å². The van der Waals surface area contributed by atoms with E-state index in [0.717, 1.165) is 11.1 Å². The van der Waals surface area contributed by atoms with Crippen LogP contribution in [0.1, 0.15) is 10.4 Å². The van der Waals surface area contributed by atoms with Gasteiger partial charge in [-0.2, -0.15) is 0 Å². The molecule has 0 aliphatic rings. The Balaban J connectivity index is 2.46. The standard InChI is InChI=1S/C12H8Cl2O2S/c1-16-12(15)8-4-2-3-7(5-8)9-6-10(13)17-11(9)14/h2-6H,1H3. The molecule has 5 heteroatoms. The number of methoxy groups -OCH3 is 1.